The first kappa shape index (κ1) is 30.6. The minimum atomic E-state index is -3.45. The molecule has 1 heterocycles. The highest BCUT2D eigenvalue weighted by Crippen LogP contribution is 2.35. The van der Waals surface area contributed by atoms with Crippen LogP contribution in [0.5, 0.6) is 5.75 Å². The van der Waals surface area contributed by atoms with Crippen molar-refractivity contribution in [2.45, 2.75) is 52.5 Å². The minimum Gasteiger partial charge on any atom is -0.496 e. The van der Waals surface area contributed by atoms with E-state index in [0.717, 1.165) is 5.56 Å². The monoisotopic (exact) mass is 568 g/mol. The zero-order chi connectivity index (χ0) is 29.8. The molecule has 0 radical (unpaired) electrons. The number of nitrogens with zero attached hydrogens (tertiary/aromatic N) is 1. The van der Waals surface area contributed by atoms with E-state index >= 15 is 0 Å². The van der Waals surface area contributed by atoms with Gasteiger partial charge in [-0.3, -0.25) is 9.59 Å². The molecule has 3 aromatic rings. The Balaban J connectivity index is 2.26. The van der Waals surface area contributed by atoms with Gasteiger partial charge in [0, 0.05) is 53.9 Å². The third-order valence-electron chi connectivity index (χ3n) is 6.22. The van der Waals surface area contributed by atoms with E-state index in [1.54, 1.807) is 59.1 Å². The summed E-state index contributed by atoms with van der Waals surface area (Å²) in [5.41, 5.74) is 2.33. The van der Waals surface area contributed by atoms with Crippen molar-refractivity contribution in [1.29, 1.82) is 0 Å². The number of carbonyl (C=O) groups excluding carboxylic acids is 2. The Morgan fingerprint density at radius 1 is 1.00 bits per heavy atom. The first-order valence-corrected chi connectivity index (χ1v) is 14.7. The van der Waals surface area contributed by atoms with Crippen molar-refractivity contribution >= 4 is 21.7 Å². The van der Waals surface area contributed by atoms with Crippen LogP contribution in [0.2, 0.25) is 0 Å². The number of rotatable bonds is 9. The topological polar surface area (TPSA) is 121 Å². The highest BCUT2D eigenvalue weighted by Gasteiger charge is 2.24. The van der Waals surface area contributed by atoms with Crippen LogP contribution in [0.15, 0.2) is 53.5 Å². The van der Waals surface area contributed by atoms with Crippen LogP contribution in [-0.4, -0.2) is 43.3 Å². The molecule has 0 aliphatic rings. The number of ketones is 1. The number of amides is 1. The van der Waals surface area contributed by atoms with Crippen molar-refractivity contribution in [2.75, 3.05) is 12.9 Å². The van der Waals surface area contributed by atoms with Gasteiger partial charge in [-0.25, -0.2) is 13.2 Å². The Morgan fingerprint density at radius 2 is 1.65 bits per heavy atom. The Labute approximate surface area is 235 Å². The van der Waals surface area contributed by atoms with Gasteiger partial charge >= 0.3 is 6.09 Å². The Bertz CT molecular complexity index is 1580. The van der Waals surface area contributed by atoms with E-state index in [4.69, 9.17) is 9.47 Å². The second-order valence-corrected chi connectivity index (χ2v) is 13.0. The Morgan fingerprint density at radius 3 is 2.23 bits per heavy atom. The molecule has 0 fully saturated rings. The zero-order valence-corrected chi connectivity index (χ0v) is 24.8. The molecule has 0 bridgehead atoms. The second kappa shape index (κ2) is 12.1. The Kier molecular flexibility index (Phi) is 9.25. The lowest BCUT2D eigenvalue weighted by Gasteiger charge is -2.21. The van der Waals surface area contributed by atoms with Gasteiger partial charge in [0.1, 0.15) is 11.4 Å². The summed E-state index contributed by atoms with van der Waals surface area (Å²) >= 11 is 0. The largest absolute Gasteiger partial charge is 0.496 e. The number of aryl methyl sites for hydroxylation is 2. The van der Waals surface area contributed by atoms with E-state index in [0.29, 0.717) is 27.8 Å². The number of alkyl carbamates (subject to hydrolysis) is 1. The molecule has 0 saturated heterocycles. The van der Waals surface area contributed by atoms with E-state index in [2.05, 4.69) is 5.32 Å². The summed E-state index contributed by atoms with van der Waals surface area (Å²) in [4.78, 5) is 38.8. The van der Waals surface area contributed by atoms with Crippen LogP contribution in [0.4, 0.5) is 4.79 Å². The molecule has 9 nitrogen and oxygen atoms in total. The van der Waals surface area contributed by atoms with Crippen molar-refractivity contribution in [3.8, 4) is 16.9 Å². The van der Waals surface area contributed by atoms with Crippen LogP contribution in [0.3, 0.4) is 0 Å². The van der Waals surface area contributed by atoms with Crippen LogP contribution in [0.1, 0.15) is 60.3 Å². The number of hydrogen-bond acceptors (Lipinski definition) is 7. The third-order valence-corrected chi connectivity index (χ3v) is 7.85. The average Bonchev–Trinajstić information content (AvgIpc) is 2.87. The molecule has 40 heavy (non-hydrogen) atoms. The molecule has 0 unspecified atom stereocenters. The summed E-state index contributed by atoms with van der Waals surface area (Å²) in [6.07, 6.45) is 0.903. The average molecular weight is 569 g/mol. The SMILES string of the molecule is CCS(=O)(=O)Cc1cc(-c2cn(C)c(=O)cc2CNC(=O)OC(C)(C)C)c(C(=O)c2ccc(C)cc2)cc1OC. The standard InChI is InChI=1S/C30H36N2O7S/c1-8-40(36,37)18-22-13-23(24(15-26(22)38-7)28(34)20-11-9-19(2)10-12-20)25-17-32(6)27(33)14-21(25)16-31-29(35)39-30(3,4)5/h9-15,17H,8,16,18H2,1-7H3,(H,31,35). The number of hydrogen-bond donors (Lipinski definition) is 1. The fourth-order valence-corrected chi connectivity index (χ4v) is 4.98. The van der Waals surface area contributed by atoms with Crippen LogP contribution in [-0.2, 0) is 33.9 Å². The van der Waals surface area contributed by atoms with E-state index < -0.39 is 21.5 Å². The number of carbonyl (C=O) groups is 2. The molecule has 0 aliphatic carbocycles. The third kappa shape index (κ3) is 7.59. The molecule has 1 N–H and O–H groups in total. The Hall–Kier alpha value is -3.92. The fourth-order valence-electron chi connectivity index (χ4n) is 4.08. The van der Waals surface area contributed by atoms with Crippen molar-refractivity contribution in [3.63, 3.8) is 0 Å². The first-order valence-electron chi connectivity index (χ1n) is 12.8. The number of sulfone groups is 1. The number of methoxy groups -OCH3 is 1. The molecular formula is C30H36N2O7S. The van der Waals surface area contributed by atoms with Gasteiger partial charge in [-0.05, 0) is 51.0 Å². The molecular weight excluding hydrogens is 532 g/mol. The van der Waals surface area contributed by atoms with Gasteiger partial charge in [-0.1, -0.05) is 36.8 Å². The minimum absolute atomic E-state index is 0.0624. The van der Waals surface area contributed by atoms with Crippen molar-refractivity contribution in [3.05, 3.63) is 86.8 Å². The van der Waals surface area contributed by atoms with Gasteiger partial charge in [0.15, 0.2) is 15.6 Å². The quantitative estimate of drug-likeness (QED) is 0.376. The van der Waals surface area contributed by atoms with Gasteiger partial charge in [-0.2, -0.15) is 0 Å². The van der Waals surface area contributed by atoms with E-state index in [-0.39, 0.29) is 40.7 Å². The lowest BCUT2D eigenvalue weighted by molar-refractivity contribution is 0.0523. The highest BCUT2D eigenvalue weighted by molar-refractivity contribution is 7.90. The molecule has 2 aromatic carbocycles. The van der Waals surface area contributed by atoms with Gasteiger partial charge in [0.2, 0.25) is 0 Å². The van der Waals surface area contributed by atoms with Crippen LogP contribution in [0, 0.1) is 6.92 Å². The molecule has 1 aromatic heterocycles. The lowest BCUT2D eigenvalue weighted by atomic mass is 9.90. The van der Waals surface area contributed by atoms with Crippen LogP contribution in [0.25, 0.3) is 11.1 Å². The maximum Gasteiger partial charge on any atom is 0.407 e. The van der Waals surface area contributed by atoms with E-state index in [1.807, 2.05) is 19.1 Å². The van der Waals surface area contributed by atoms with Gasteiger partial charge in [0.25, 0.3) is 5.56 Å². The first-order chi connectivity index (χ1) is 18.6. The molecule has 214 valence electrons. The highest BCUT2D eigenvalue weighted by atomic mass is 32.2. The van der Waals surface area contributed by atoms with E-state index in [9.17, 15) is 22.8 Å². The number of benzene rings is 2. The summed E-state index contributed by atoms with van der Waals surface area (Å²) in [7, 11) is -0.462. The number of pyridine rings is 1. The molecule has 0 saturated carbocycles. The smallest absolute Gasteiger partial charge is 0.407 e. The fraction of sp³-hybridized carbons (Fsp3) is 0.367. The number of ether oxygens (including phenoxy) is 2. The summed E-state index contributed by atoms with van der Waals surface area (Å²) in [5.74, 6) is -0.413. The number of aromatic nitrogens is 1. The summed E-state index contributed by atoms with van der Waals surface area (Å²) in [5, 5.41) is 2.67. The van der Waals surface area contributed by atoms with Crippen LogP contribution >= 0.6 is 0 Å². The molecule has 3 rings (SSSR count). The predicted octanol–water partition coefficient (Wildman–Crippen LogP) is 4.56. The molecule has 10 heteroatoms. The maximum absolute atomic E-state index is 13.8. The van der Waals surface area contributed by atoms with Gasteiger partial charge in [0.05, 0.1) is 12.9 Å². The van der Waals surface area contributed by atoms with Crippen molar-refractivity contribution < 1.29 is 27.5 Å². The van der Waals surface area contributed by atoms with Crippen molar-refractivity contribution in [1.82, 2.24) is 9.88 Å². The maximum atomic E-state index is 13.8. The normalized spacial score (nSPS) is 11.7. The zero-order valence-electron chi connectivity index (χ0n) is 24.0. The summed E-state index contributed by atoms with van der Waals surface area (Å²) < 4.78 is 37.4. The van der Waals surface area contributed by atoms with Crippen LogP contribution < -0.4 is 15.6 Å². The number of nitrogens with one attached hydrogen (secondary N) is 1. The second-order valence-electron chi connectivity index (χ2n) is 10.6. The lowest BCUT2D eigenvalue weighted by Crippen LogP contribution is -2.32. The summed E-state index contributed by atoms with van der Waals surface area (Å²) in [6, 6.07) is 11.6. The molecule has 1 amide bonds. The molecule has 0 spiro atoms. The van der Waals surface area contributed by atoms with E-state index in [1.165, 1.54) is 23.8 Å². The van der Waals surface area contributed by atoms with Gasteiger partial charge < -0.3 is 19.4 Å². The summed E-state index contributed by atoms with van der Waals surface area (Å²) in [6.45, 7) is 8.63. The molecule has 0 aliphatic heterocycles. The van der Waals surface area contributed by atoms with Gasteiger partial charge in [-0.15, -0.1) is 0 Å². The predicted molar refractivity (Wildman–Crippen MR) is 155 cm³/mol. The van der Waals surface area contributed by atoms with Crippen molar-refractivity contribution in [2.24, 2.45) is 7.05 Å². The molecule has 0 atom stereocenters.